The van der Waals surface area contributed by atoms with E-state index in [2.05, 4.69) is 4.98 Å². The van der Waals surface area contributed by atoms with E-state index in [1.165, 1.54) is 11.8 Å². The Bertz CT molecular complexity index is 649. The van der Waals surface area contributed by atoms with E-state index in [9.17, 15) is 0 Å². The highest BCUT2D eigenvalue weighted by atomic mass is 32.2. The molecule has 0 atom stereocenters. The fraction of sp³-hybridized carbons (Fsp3) is 0. The van der Waals surface area contributed by atoms with E-state index in [4.69, 9.17) is 10.2 Å². The van der Waals surface area contributed by atoms with Crippen molar-refractivity contribution >= 4 is 28.5 Å². The second-order valence-electron chi connectivity index (χ2n) is 3.62. The minimum Gasteiger partial charge on any atom is -0.431 e. The molecule has 0 spiro atoms. The number of rotatable bonds is 2. The van der Waals surface area contributed by atoms with Crippen LogP contribution in [-0.4, -0.2) is 4.98 Å². The number of anilines is 1. The fourth-order valence-corrected chi connectivity index (χ4v) is 2.32. The molecule has 2 aromatic carbocycles. The van der Waals surface area contributed by atoms with Crippen molar-refractivity contribution in [3.63, 3.8) is 0 Å². The van der Waals surface area contributed by atoms with Gasteiger partial charge in [-0.1, -0.05) is 18.2 Å². The zero-order valence-electron chi connectivity index (χ0n) is 8.96. The summed E-state index contributed by atoms with van der Waals surface area (Å²) < 4.78 is 5.62. The number of hydrogen-bond donors (Lipinski definition) is 1. The van der Waals surface area contributed by atoms with E-state index in [0.717, 1.165) is 16.0 Å². The van der Waals surface area contributed by atoms with Crippen LogP contribution < -0.4 is 5.73 Å². The van der Waals surface area contributed by atoms with Crippen molar-refractivity contribution in [3.05, 3.63) is 48.5 Å². The smallest absolute Gasteiger partial charge is 0.261 e. The van der Waals surface area contributed by atoms with Crippen LogP contribution in [0.1, 0.15) is 0 Å². The summed E-state index contributed by atoms with van der Waals surface area (Å²) >= 11 is 1.50. The molecule has 0 radical (unpaired) electrons. The Hall–Kier alpha value is -1.94. The molecular weight excluding hydrogens is 232 g/mol. The molecule has 4 heteroatoms. The van der Waals surface area contributed by atoms with Crippen molar-refractivity contribution in [3.8, 4) is 0 Å². The van der Waals surface area contributed by atoms with Crippen molar-refractivity contribution in [2.24, 2.45) is 0 Å². The molecule has 2 N–H and O–H groups in total. The number of fused-ring (bicyclic) bond motifs is 1. The van der Waals surface area contributed by atoms with Crippen LogP contribution in [0.4, 0.5) is 5.69 Å². The topological polar surface area (TPSA) is 52.0 Å². The summed E-state index contributed by atoms with van der Waals surface area (Å²) in [6.07, 6.45) is 0. The minimum absolute atomic E-state index is 0.636. The lowest BCUT2D eigenvalue weighted by molar-refractivity contribution is 0.489. The number of nitrogen functional groups attached to an aromatic ring is 1. The second-order valence-corrected chi connectivity index (χ2v) is 4.65. The molecule has 0 fully saturated rings. The molecule has 0 bridgehead atoms. The Morgan fingerprint density at radius 3 is 2.71 bits per heavy atom. The van der Waals surface area contributed by atoms with Gasteiger partial charge in [-0.25, -0.2) is 4.98 Å². The molecule has 3 rings (SSSR count). The molecule has 0 aliphatic rings. The standard InChI is InChI=1S/C13H10N2OS/c14-9-6-7-11-12(8-9)16-13(15-11)17-10-4-2-1-3-5-10/h1-8H,14H2. The maximum absolute atomic E-state index is 5.69. The zero-order valence-corrected chi connectivity index (χ0v) is 9.78. The molecule has 84 valence electrons. The molecular formula is C13H10N2OS. The van der Waals surface area contributed by atoms with Crippen LogP contribution in [0.15, 0.2) is 63.1 Å². The first-order chi connectivity index (χ1) is 8.31. The van der Waals surface area contributed by atoms with Gasteiger partial charge in [-0.15, -0.1) is 0 Å². The normalized spacial score (nSPS) is 10.8. The van der Waals surface area contributed by atoms with E-state index < -0.39 is 0 Å². The van der Waals surface area contributed by atoms with Gasteiger partial charge in [0.1, 0.15) is 5.52 Å². The highest BCUT2D eigenvalue weighted by Gasteiger charge is 2.07. The average Bonchev–Trinajstić information content (AvgIpc) is 2.71. The van der Waals surface area contributed by atoms with E-state index >= 15 is 0 Å². The third-order valence-electron chi connectivity index (χ3n) is 2.34. The molecule has 1 heterocycles. The van der Waals surface area contributed by atoms with Gasteiger partial charge in [-0.2, -0.15) is 0 Å². The van der Waals surface area contributed by atoms with E-state index in [0.29, 0.717) is 10.9 Å². The number of nitrogens with two attached hydrogens (primary N) is 1. The number of benzene rings is 2. The van der Waals surface area contributed by atoms with Crippen LogP contribution in [-0.2, 0) is 0 Å². The van der Waals surface area contributed by atoms with Crippen molar-refractivity contribution < 1.29 is 4.42 Å². The minimum atomic E-state index is 0.636. The first-order valence-corrected chi connectivity index (χ1v) is 6.02. The van der Waals surface area contributed by atoms with Crippen LogP contribution in [0.25, 0.3) is 11.1 Å². The fourth-order valence-electron chi connectivity index (χ4n) is 1.55. The largest absolute Gasteiger partial charge is 0.431 e. The lowest BCUT2D eigenvalue weighted by Crippen LogP contribution is -1.81. The Morgan fingerprint density at radius 1 is 1.06 bits per heavy atom. The summed E-state index contributed by atoms with van der Waals surface area (Å²) in [5.41, 5.74) is 7.93. The number of aromatic nitrogens is 1. The molecule has 0 saturated heterocycles. The molecule has 17 heavy (non-hydrogen) atoms. The molecule has 0 unspecified atom stereocenters. The Labute approximate surface area is 103 Å². The molecule has 1 aromatic heterocycles. The maximum Gasteiger partial charge on any atom is 0.261 e. The van der Waals surface area contributed by atoms with Gasteiger partial charge in [0.05, 0.1) is 0 Å². The number of nitrogens with zero attached hydrogens (tertiary/aromatic N) is 1. The third kappa shape index (κ3) is 2.12. The van der Waals surface area contributed by atoms with Crippen molar-refractivity contribution in [2.75, 3.05) is 5.73 Å². The molecule has 0 aliphatic carbocycles. The first-order valence-electron chi connectivity index (χ1n) is 5.20. The van der Waals surface area contributed by atoms with Gasteiger partial charge in [-0.3, -0.25) is 0 Å². The summed E-state index contributed by atoms with van der Waals surface area (Å²) in [5, 5.41) is 0.636. The van der Waals surface area contributed by atoms with Gasteiger partial charge < -0.3 is 10.2 Å². The van der Waals surface area contributed by atoms with Crippen molar-refractivity contribution in [2.45, 2.75) is 10.1 Å². The quantitative estimate of drug-likeness (QED) is 0.698. The molecule has 3 nitrogen and oxygen atoms in total. The Balaban J connectivity index is 1.96. The van der Waals surface area contributed by atoms with Gasteiger partial charge >= 0.3 is 0 Å². The van der Waals surface area contributed by atoms with Crippen molar-refractivity contribution in [1.82, 2.24) is 4.98 Å². The lowest BCUT2D eigenvalue weighted by atomic mass is 10.3. The van der Waals surface area contributed by atoms with Crippen molar-refractivity contribution in [1.29, 1.82) is 0 Å². The number of hydrogen-bond acceptors (Lipinski definition) is 4. The predicted octanol–water partition coefficient (Wildman–Crippen LogP) is 3.56. The first kappa shape index (κ1) is 10.2. The summed E-state index contributed by atoms with van der Waals surface area (Å²) in [4.78, 5) is 5.49. The predicted molar refractivity (Wildman–Crippen MR) is 69.0 cm³/mol. The monoisotopic (exact) mass is 242 g/mol. The lowest BCUT2D eigenvalue weighted by Gasteiger charge is -1.93. The molecule has 3 aromatic rings. The highest BCUT2D eigenvalue weighted by Crippen LogP contribution is 2.30. The van der Waals surface area contributed by atoms with E-state index in [-0.39, 0.29) is 0 Å². The van der Waals surface area contributed by atoms with Crippen LogP contribution in [0.2, 0.25) is 0 Å². The van der Waals surface area contributed by atoms with Gasteiger partial charge in [0, 0.05) is 16.6 Å². The van der Waals surface area contributed by atoms with Crippen LogP contribution >= 0.6 is 11.8 Å². The average molecular weight is 242 g/mol. The van der Waals surface area contributed by atoms with Crippen LogP contribution in [0, 0.1) is 0 Å². The number of oxazole rings is 1. The maximum atomic E-state index is 5.69. The summed E-state index contributed by atoms with van der Waals surface area (Å²) in [6, 6.07) is 15.5. The van der Waals surface area contributed by atoms with E-state index in [1.807, 2.05) is 42.5 Å². The molecule has 0 aliphatic heterocycles. The highest BCUT2D eigenvalue weighted by molar-refractivity contribution is 7.99. The van der Waals surface area contributed by atoms with Crippen LogP contribution in [0.3, 0.4) is 0 Å². The van der Waals surface area contributed by atoms with E-state index in [1.54, 1.807) is 6.07 Å². The Morgan fingerprint density at radius 2 is 1.88 bits per heavy atom. The van der Waals surface area contributed by atoms with Crippen LogP contribution in [0.5, 0.6) is 0 Å². The van der Waals surface area contributed by atoms with Gasteiger partial charge in [0.25, 0.3) is 5.22 Å². The second kappa shape index (κ2) is 4.14. The Kier molecular flexibility index (Phi) is 2.49. The summed E-state index contributed by atoms with van der Waals surface area (Å²) in [5.74, 6) is 0. The SMILES string of the molecule is Nc1ccc2nc(Sc3ccccc3)oc2c1. The van der Waals surface area contributed by atoms with Gasteiger partial charge in [-0.05, 0) is 36.0 Å². The third-order valence-corrected chi connectivity index (χ3v) is 3.20. The van der Waals surface area contributed by atoms with Gasteiger partial charge in [0.15, 0.2) is 5.58 Å². The summed E-state index contributed by atoms with van der Waals surface area (Å²) in [7, 11) is 0. The zero-order chi connectivity index (χ0) is 11.7. The van der Waals surface area contributed by atoms with Gasteiger partial charge in [0.2, 0.25) is 0 Å². The summed E-state index contributed by atoms with van der Waals surface area (Å²) in [6.45, 7) is 0. The molecule has 0 amide bonds. The molecule has 0 saturated carbocycles.